The molecule has 1 rings (SSSR count). The first-order chi connectivity index (χ1) is 16.8. The summed E-state index contributed by atoms with van der Waals surface area (Å²) in [7, 11) is 0. The molecule has 8 N–H and O–H groups in total. The molecule has 0 aliphatic carbocycles. The molecule has 1 aromatic rings. The first kappa shape index (κ1) is 30.9. The number of nitrogens with one attached hydrogen (secondary N) is 3. The van der Waals surface area contributed by atoms with E-state index in [0.717, 1.165) is 0 Å². The molecule has 0 saturated carbocycles. The maximum Gasteiger partial charge on any atom is 0.328 e. The smallest absolute Gasteiger partial charge is 0.328 e. The van der Waals surface area contributed by atoms with Crippen molar-refractivity contribution in [1.82, 2.24) is 16.0 Å². The van der Waals surface area contributed by atoms with E-state index in [0.29, 0.717) is 12.0 Å². The van der Waals surface area contributed by atoms with E-state index in [1.165, 1.54) is 19.1 Å². The van der Waals surface area contributed by atoms with Crippen LogP contribution in [0.2, 0.25) is 0 Å². The van der Waals surface area contributed by atoms with Gasteiger partial charge in [-0.25, -0.2) is 4.79 Å². The van der Waals surface area contributed by atoms with Crippen molar-refractivity contribution < 1.29 is 34.5 Å². The van der Waals surface area contributed by atoms with Crippen molar-refractivity contribution in [2.24, 2.45) is 17.6 Å². The Bertz CT molecular complexity index is 889. The molecule has 6 unspecified atom stereocenters. The van der Waals surface area contributed by atoms with Crippen molar-refractivity contribution >= 4 is 23.7 Å². The van der Waals surface area contributed by atoms with Crippen LogP contribution in [0.15, 0.2) is 24.3 Å². The maximum atomic E-state index is 13.3. The molecule has 0 saturated heterocycles. The fraction of sp³-hybridized carbons (Fsp3) is 0.600. The van der Waals surface area contributed by atoms with E-state index >= 15 is 0 Å². The fourth-order valence-corrected chi connectivity index (χ4v) is 3.48. The first-order valence-electron chi connectivity index (χ1n) is 12.1. The molecule has 6 atom stereocenters. The number of hydrogen-bond acceptors (Lipinski definition) is 7. The molecular weight excluding hydrogens is 468 g/mol. The summed E-state index contributed by atoms with van der Waals surface area (Å²) >= 11 is 0. The lowest BCUT2D eigenvalue weighted by molar-refractivity contribution is -0.145. The number of carbonyl (C=O) groups excluding carboxylic acids is 3. The SMILES string of the molecule is CCC(C)C(N)C(=O)NC(Cc1ccc(O)cc1)C(=O)NC(CC(C)C)C(=O)NC(C(=O)O)C(C)O. The third-order valence-corrected chi connectivity index (χ3v) is 5.96. The predicted molar refractivity (Wildman–Crippen MR) is 134 cm³/mol. The van der Waals surface area contributed by atoms with E-state index in [-0.39, 0.29) is 30.4 Å². The Hall–Kier alpha value is -3.18. The standard InChI is InChI=1S/C25H40N4O7/c1-6-14(4)20(26)24(34)28-19(12-16-7-9-17(31)10-8-16)22(32)27-18(11-13(2)3)23(33)29-21(15(5)30)25(35)36/h7-10,13-15,18-21,30-31H,6,11-12,26H2,1-5H3,(H,27,32)(H,28,34)(H,29,33)(H,35,36). The molecule has 11 heteroatoms. The molecule has 3 amide bonds. The molecule has 0 spiro atoms. The number of carbonyl (C=O) groups is 4. The zero-order chi connectivity index (χ0) is 27.6. The van der Waals surface area contributed by atoms with Crippen LogP contribution in [0.3, 0.4) is 0 Å². The topological polar surface area (TPSA) is 191 Å². The van der Waals surface area contributed by atoms with Gasteiger partial charge in [0.2, 0.25) is 17.7 Å². The number of phenols is 1. The Labute approximate surface area is 211 Å². The zero-order valence-corrected chi connectivity index (χ0v) is 21.5. The number of amides is 3. The lowest BCUT2D eigenvalue weighted by Crippen LogP contribution is -2.59. The molecule has 0 fully saturated rings. The van der Waals surface area contributed by atoms with Crippen molar-refractivity contribution in [3.63, 3.8) is 0 Å². The summed E-state index contributed by atoms with van der Waals surface area (Å²) in [6.45, 7) is 8.61. The van der Waals surface area contributed by atoms with Gasteiger partial charge in [0.15, 0.2) is 6.04 Å². The molecule has 0 aliphatic rings. The van der Waals surface area contributed by atoms with Crippen molar-refractivity contribution in [3.05, 3.63) is 29.8 Å². The van der Waals surface area contributed by atoms with Crippen molar-refractivity contribution in [2.75, 3.05) is 0 Å². The Balaban J connectivity index is 3.16. The number of hydrogen-bond donors (Lipinski definition) is 7. The van der Waals surface area contributed by atoms with Gasteiger partial charge in [-0.3, -0.25) is 14.4 Å². The van der Waals surface area contributed by atoms with Gasteiger partial charge >= 0.3 is 5.97 Å². The van der Waals surface area contributed by atoms with E-state index in [1.807, 2.05) is 27.7 Å². The van der Waals surface area contributed by atoms with Gasteiger partial charge in [-0.2, -0.15) is 0 Å². The highest BCUT2D eigenvalue weighted by atomic mass is 16.4. The number of phenolic OH excluding ortho intramolecular Hbond substituents is 1. The minimum Gasteiger partial charge on any atom is -0.508 e. The first-order valence-corrected chi connectivity index (χ1v) is 12.1. The molecular formula is C25H40N4O7. The zero-order valence-electron chi connectivity index (χ0n) is 21.5. The Kier molecular flexibility index (Phi) is 12.3. The van der Waals surface area contributed by atoms with Gasteiger partial charge in [0.1, 0.15) is 17.8 Å². The van der Waals surface area contributed by atoms with Crippen LogP contribution in [0, 0.1) is 11.8 Å². The van der Waals surface area contributed by atoms with E-state index < -0.39 is 54.0 Å². The minimum absolute atomic E-state index is 0.0418. The van der Waals surface area contributed by atoms with Crippen molar-refractivity contribution in [3.8, 4) is 5.75 Å². The molecule has 1 aromatic carbocycles. The van der Waals surface area contributed by atoms with Gasteiger partial charge in [0.25, 0.3) is 0 Å². The maximum absolute atomic E-state index is 13.3. The minimum atomic E-state index is -1.55. The molecule has 0 radical (unpaired) electrons. The molecule has 0 bridgehead atoms. The Morgan fingerprint density at radius 2 is 1.42 bits per heavy atom. The van der Waals surface area contributed by atoms with E-state index in [4.69, 9.17) is 5.73 Å². The normalized spacial score (nSPS) is 16.2. The molecule has 11 nitrogen and oxygen atoms in total. The third-order valence-electron chi connectivity index (χ3n) is 5.96. The second-order valence-corrected chi connectivity index (χ2v) is 9.60. The summed E-state index contributed by atoms with van der Waals surface area (Å²) in [5.41, 5.74) is 6.69. The van der Waals surface area contributed by atoms with Gasteiger partial charge in [-0.1, -0.05) is 46.2 Å². The number of benzene rings is 1. The number of aromatic hydroxyl groups is 1. The number of carboxylic acids is 1. The summed E-state index contributed by atoms with van der Waals surface area (Å²) in [4.78, 5) is 50.3. The van der Waals surface area contributed by atoms with Crippen LogP contribution in [0.25, 0.3) is 0 Å². The second kappa shape index (κ2) is 14.4. The highest BCUT2D eigenvalue weighted by Crippen LogP contribution is 2.13. The van der Waals surface area contributed by atoms with Gasteiger partial charge in [0, 0.05) is 6.42 Å². The van der Waals surface area contributed by atoms with Crippen LogP contribution in [0.1, 0.15) is 53.0 Å². The second-order valence-electron chi connectivity index (χ2n) is 9.60. The average molecular weight is 509 g/mol. The Morgan fingerprint density at radius 3 is 1.89 bits per heavy atom. The van der Waals surface area contributed by atoms with Gasteiger partial charge in [0.05, 0.1) is 12.1 Å². The van der Waals surface area contributed by atoms with Crippen LogP contribution >= 0.6 is 0 Å². The summed E-state index contributed by atoms with van der Waals surface area (Å²) in [6.07, 6.45) is -0.443. The number of aliphatic hydroxyl groups is 1. The summed E-state index contributed by atoms with van der Waals surface area (Å²) < 4.78 is 0. The number of aliphatic carboxylic acids is 1. The Morgan fingerprint density at radius 1 is 0.889 bits per heavy atom. The summed E-state index contributed by atoms with van der Waals surface area (Å²) in [6, 6.07) is 1.52. The number of carboxylic acid groups (broad SMARTS) is 1. The van der Waals surface area contributed by atoms with E-state index in [1.54, 1.807) is 12.1 Å². The number of nitrogens with two attached hydrogens (primary N) is 1. The highest BCUT2D eigenvalue weighted by molar-refractivity contribution is 5.94. The lowest BCUT2D eigenvalue weighted by atomic mass is 9.97. The third kappa shape index (κ3) is 9.82. The van der Waals surface area contributed by atoms with Crippen LogP contribution in [0.4, 0.5) is 0 Å². The molecule has 202 valence electrons. The highest BCUT2D eigenvalue weighted by Gasteiger charge is 2.32. The quantitative estimate of drug-likeness (QED) is 0.186. The number of aliphatic hydroxyl groups excluding tert-OH is 1. The number of rotatable bonds is 14. The summed E-state index contributed by atoms with van der Waals surface area (Å²) in [5, 5.41) is 36.1. The summed E-state index contributed by atoms with van der Waals surface area (Å²) in [5.74, 6) is -3.48. The van der Waals surface area contributed by atoms with Gasteiger partial charge < -0.3 is 37.0 Å². The van der Waals surface area contributed by atoms with Gasteiger partial charge in [-0.15, -0.1) is 0 Å². The van der Waals surface area contributed by atoms with Crippen LogP contribution < -0.4 is 21.7 Å². The lowest BCUT2D eigenvalue weighted by Gasteiger charge is -2.27. The van der Waals surface area contributed by atoms with E-state index in [2.05, 4.69) is 16.0 Å². The largest absolute Gasteiger partial charge is 0.508 e. The van der Waals surface area contributed by atoms with E-state index in [9.17, 15) is 34.5 Å². The fourth-order valence-electron chi connectivity index (χ4n) is 3.48. The van der Waals surface area contributed by atoms with Crippen molar-refractivity contribution in [1.29, 1.82) is 0 Å². The molecule has 0 heterocycles. The molecule has 36 heavy (non-hydrogen) atoms. The van der Waals surface area contributed by atoms with Crippen LogP contribution in [-0.2, 0) is 25.6 Å². The van der Waals surface area contributed by atoms with Crippen LogP contribution in [-0.4, -0.2) is 69.3 Å². The molecule has 0 aliphatic heterocycles. The molecule has 0 aromatic heterocycles. The van der Waals surface area contributed by atoms with Gasteiger partial charge in [-0.05, 0) is 42.9 Å². The average Bonchev–Trinajstić information content (AvgIpc) is 2.80. The monoisotopic (exact) mass is 508 g/mol. The van der Waals surface area contributed by atoms with Crippen molar-refractivity contribution in [2.45, 2.75) is 84.2 Å². The predicted octanol–water partition coefficient (Wildman–Crippen LogP) is 0.274. The van der Waals surface area contributed by atoms with Crippen LogP contribution in [0.5, 0.6) is 5.75 Å².